The number of rotatable bonds is 4. The Morgan fingerprint density at radius 2 is 1.80 bits per heavy atom. The van der Waals surface area contributed by atoms with Crippen LogP contribution in [0.3, 0.4) is 0 Å². The van der Waals surface area contributed by atoms with Crippen LogP contribution in [0.25, 0.3) is 0 Å². The maximum atomic E-state index is 13.9. The summed E-state index contributed by atoms with van der Waals surface area (Å²) in [6.45, 7) is 5.13. The Hall–Kier alpha value is -1.54. The second-order valence-electron chi connectivity index (χ2n) is 4.66. The lowest BCUT2D eigenvalue weighted by Gasteiger charge is -2.17. The molecule has 20 heavy (non-hydrogen) atoms. The molecular weight excluding hydrogens is 292 g/mol. The minimum atomic E-state index is -4.48. The molecule has 0 spiro atoms. The highest BCUT2D eigenvalue weighted by Gasteiger charge is 2.25. The topological polar surface area (TPSA) is 86.5 Å². The molecule has 2 N–H and O–H groups in total. The van der Waals surface area contributed by atoms with Gasteiger partial charge in [0.05, 0.1) is 5.56 Å². The SMILES string of the molecule is CC(C)C(C)OC(=O)c1cc(F)cc(S(N)(=O)=O)c1F. The van der Waals surface area contributed by atoms with Crippen LogP contribution in [-0.4, -0.2) is 20.5 Å². The van der Waals surface area contributed by atoms with E-state index in [9.17, 15) is 22.0 Å². The van der Waals surface area contributed by atoms with Crippen molar-refractivity contribution >= 4 is 16.0 Å². The first-order valence-electron chi connectivity index (χ1n) is 5.77. The molecule has 0 saturated heterocycles. The van der Waals surface area contributed by atoms with Gasteiger partial charge in [0.2, 0.25) is 10.0 Å². The Bertz CT molecular complexity index is 629. The van der Waals surface area contributed by atoms with Gasteiger partial charge in [-0.25, -0.2) is 27.1 Å². The quantitative estimate of drug-likeness (QED) is 0.860. The summed E-state index contributed by atoms with van der Waals surface area (Å²) in [4.78, 5) is 10.7. The van der Waals surface area contributed by atoms with E-state index < -0.39 is 44.2 Å². The van der Waals surface area contributed by atoms with E-state index in [4.69, 9.17) is 9.88 Å². The lowest BCUT2D eigenvalue weighted by Crippen LogP contribution is -2.22. The molecule has 0 fully saturated rings. The van der Waals surface area contributed by atoms with Gasteiger partial charge in [0.15, 0.2) is 5.82 Å². The van der Waals surface area contributed by atoms with Crippen LogP contribution in [0.4, 0.5) is 8.78 Å². The summed E-state index contributed by atoms with van der Waals surface area (Å²) in [7, 11) is -4.48. The first-order valence-corrected chi connectivity index (χ1v) is 7.31. The summed E-state index contributed by atoms with van der Waals surface area (Å²) in [5.74, 6) is -3.70. The number of halogens is 2. The fourth-order valence-corrected chi connectivity index (χ4v) is 1.92. The van der Waals surface area contributed by atoms with Gasteiger partial charge in [-0.05, 0) is 25.0 Å². The smallest absolute Gasteiger partial charge is 0.341 e. The van der Waals surface area contributed by atoms with Gasteiger partial charge in [-0.15, -0.1) is 0 Å². The van der Waals surface area contributed by atoms with Gasteiger partial charge in [0, 0.05) is 0 Å². The Labute approximate surface area is 115 Å². The number of primary sulfonamides is 1. The van der Waals surface area contributed by atoms with Gasteiger partial charge in [0.1, 0.15) is 16.8 Å². The van der Waals surface area contributed by atoms with Gasteiger partial charge in [-0.2, -0.15) is 0 Å². The number of hydrogen-bond donors (Lipinski definition) is 1. The maximum Gasteiger partial charge on any atom is 0.341 e. The third-order valence-corrected chi connectivity index (χ3v) is 3.67. The largest absolute Gasteiger partial charge is 0.459 e. The molecule has 0 radical (unpaired) electrons. The molecule has 0 saturated carbocycles. The number of ether oxygens (including phenoxy) is 1. The van der Waals surface area contributed by atoms with Crippen molar-refractivity contribution in [2.24, 2.45) is 11.1 Å². The average Bonchev–Trinajstić information content (AvgIpc) is 2.29. The molecule has 0 aliphatic carbocycles. The molecular formula is C12H15F2NO4S. The zero-order valence-electron chi connectivity index (χ0n) is 11.2. The van der Waals surface area contributed by atoms with E-state index in [1.165, 1.54) is 0 Å². The minimum Gasteiger partial charge on any atom is -0.459 e. The predicted molar refractivity (Wildman–Crippen MR) is 67.4 cm³/mol. The first-order chi connectivity index (χ1) is 9.04. The molecule has 1 aromatic rings. The summed E-state index contributed by atoms with van der Waals surface area (Å²) in [6, 6.07) is 0.979. The standard InChI is InChI=1S/C12H15F2NO4S/c1-6(2)7(3)19-12(16)9-4-8(13)5-10(11(9)14)20(15,17)18/h4-7H,1-3H3,(H2,15,17,18). The third kappa shape index (κ3) is 3.73. The number of carbonyl (C=O) groups excluding carboxylic acids is 1. The Morgan fingerprint density at radius 3 is 2.25 bits per heavy atom. The van der Waals surface area contributed by atoms with Crippen molar-refractivity contribution in [3.8, 4) is 0 Å². The summed E-state index contributed by atoms with van der Waals surface area (Å²) in [5.41, 5.74) is -0.804. The summed E-state index contributed by atoms with van der Waals surface area (Å²) >= 11 is 0. The second-order valence-corrected chi connectivity index (χ2v) is 6.19. The van der Waals surface area contributed by atoms with Gasteiger partial charge in [-0.3, -0.25) is 0 Å². The highest BCUT2D eigenvalue weighted by Crippen LogP contribution is 2.21. The van der Waals surface area contributed by atoms with Crippen molar-refractivity contribution in [3.05, 3.63) is 29.3 Å². The zero-order valence-corrected chi connectivity index (χ0v) is 12.0. The lowest BCUT2D eigenvalue weighted by molar-refractivity contribution is 0.0231. The van der Waals surface area contributed by atoms with E-state index in [0.29, 0.717) is 12.1 Å². The van der Waals surface area contributed by atoms with Gasteiger partial charge < -0.3 is 4.74 Å². The number of benzene rings is 1. The molecule has 8 heteroatoms. The number of carbonyl (C=O) groups is 1. The van der Waals surface area contributed by atoms with Crippen LogP contribution in [0.1, 0.15) is 31.1 Å². The van der Waals surface area contributed by atoms with Crippen LogP contribution < -0.4 is 5.14 Å². The van der Waals surface area contributed by atoms with Gasteiger partial charge in [-0.1, -0.05) is 13.8 Å². The Balaban J connectivity index is 3.26. The fourth-order valence-electron chi connectivity index (χ4n) is 1.29. The molecule has 1 atom stereocenters. The Morgan fingerprint density at radius 1 is 1.25 bits per heavy atom. The Kier molecular flexibility index (Phi) is 4.82. The molecule has 0 aromatic heterocycles. The molecule has 0 aliphatic heterocycles. The first kappa shape index (κ1) is 16.5. The normalized spacial score (nSPS) is 13.3. The van der Waals surface area contributed by atoms with E-state index in [-0.39, 0.29) is 5.92 Å². The van der Waals surface area contributed by atoms with Gasteiger partial charge in [0.25, 0.3) is 0 Å². The van der Waals surface area contributed by atoms with E-state index >= 15 is 0 Å². The van der Waals surface area contributed by atoms with Crippen molar-refractivity contribution in [1.29, 1.82) is 0 Å². The summed E-state index contributed by atoms with van der Waals surface area (Å²) in [6.07, 6.45) is -0.539. The van der Waals surface area contributed by atoms with E-state index in [1.807, 2.05) is 0 Å². The molecule has 0 heterocycles. The van der Waals surface area contributed by atoms with Gasteiger partial charge >= 0.3 is 5.97 Å². The predicted octanol–water partition coefficient (Wildman–Crippen LogP) is 1.81. The van der Waals surface area contributed by atoms with E-state index in [0.717, 1.165) is 0 Å². The molecule has 0 amide bonds. The third-order valence-electron chi connectivity index (χ3n) is 2.76. The molecule has 0 bridgehead atoms. The van der Waals surface area contributed by atoms with Crippen LogP contribution in [-0.2, 0) is 14.8 Å². The summed E-state index contributed by atoms with van der Waals surface area (Å²) in [5, 5.41) is 4.76. The molecule has 5 nitrogen and oxygen atoms in total. The van der Waals surface area contributed by atoms with Crippen molar-refractivity contribution in [2.75, 3.05) is 0 Å². The highest BCUT2D eigenvalue weighted by atomic mass is 32.2. The van der Waals surface area contributed by atoms with Crippen LogP contribution in [0.2, 0.25) is 0 Å². The lowest BCUT2D eigenvalue weighted by atomic mass is 10.1. The second kappa shape index (κ2) is 5.84. The molecule has 1 rings (SSSR count). The van der Waals surface area contributed by atoms with Crippen molar-refractivity contribution in [3.63, 3.8) is 0 Å². The van der Waals surface area contributed by atoms with E-state index in [1.54, 1.807) is 20.8 Å². The maximum absolute atomic E-state index is 13.9. The van der Waals surface area contributed by atoms with E-state index in [2.05, 4.69) is 0 Å². The fraction of sp³-hybridized carbons (Fsp3) is 0.417. The molecule has 1 unspecified atom stereocenters. The monoisotopic (exact) mass is 307 g/mol. The van der Waals surface area contributed by atoms with Crippen LogP contribution in [0.15, 0.2) is 17.0 Å². The van der Waals surface area contributed by atoms with Crippen LogP contribution in [0, 0.1) is 17.6 Å². The van der Waals surface area contributed by atoms with Crippen LogP contribution in [0.5, 0.6) is 0 Å². The van der Waals surface area contributed by atoms with Crippen molar-refractivity contribution in [1.82, 2.24) is 0 Å². The number of hydrogen-bond acceptors (Lipinski definition) is 4. The highest BCUT2D eigenvalue weighted by molar-refractivity contribution is 7.89. The van der Waals surface area contributed by atoms with Crippen molar-refractivity contribution < 1.29 is 26.7 Å². The number of sulfonamides is 1. The minimum absolute atomic E-state index is 0.0340. The van der Waals surface area contributed by atoms with Crippen LogP contribution >= 0.6 is 0 Å². The molecule has 0 aliphatic rings. The zero-order chi connectivity index (χ0) is 15.7. The number of nitrogens with two attached hydrogens (primary N) is 1. The summed E-state index contributed by atoms with van der Waals surface area (Å²) < 4.78 is 54.4. The average molecular weight is 307 g/mol. The van der Waals surface area contributed by atoms with Crippen molar-refractivity contribution in [2.45, 2.75) is 31.8 Å². The molecule has 112 valence electrons. The molecule has 1 aromatic carbocycles. The number of esters is 1.